The molecule has 31 heavy (non-hydrogen) atoms. The molecule has 0 aliphatic carbocycles. The Balaban J connectivity index is 1.42. The van der Waals surface area contributed by atoms with Crippen LogP contribution in [0.5, 0.6) is 0 Å². The van der Waals surface area contributed by atoms with Crippen molar-refractivity contribution >= 4 is 23.0 Å². The zero-order valence-electron chi connectivity index (χ0n) is 18.8. The Morgan fingerprint density at radius 3 is 2.58 bits per heavy atom. The van der Waals surface area contributed by atoms with E-state index in [0.29, 0.717) is 17.9 Å². The second-order valence-electron chi connectivity index (χ2n) is 8.39. The molecule has 0 saturated carbocycles. The summed E-state index contributed by atoms with van der Waals surface area (Å²) in [4.78, 5) is 12.1. The molecule has 2 heterocycles. The van der Waals surface area contributed by atoms with E-state index in [1.165, 1.54) is 21.8 Å². The van der Waals surface area contributed by atoms with Gasteiger partial charge in [-0.3, -0.25) is 0 Å². The lowest BCUT2D eigenvalue weighted by molar-refractivity contribution is 0.239. The van der Waals surface area contributed by atoms with Crippen molar-refractivity contribution in [1.82, 2.24) is 9.88 Å². The average molecular weight is 434 g/mol. The summed E-state index contributed by atoms with van der Waals surface area (Å²) in [6, 6.07) is 17.7. The van der Waals surface area contributed by atoms with E-state index in [0.717, 1.165) is 37.2 Å². The molecule has 1 fully saturated rings. The van der Waals surface area contributed by atoms with Gasteiger partial charge in [0.05, 0.1) is 23.5 Å². The van der Waals surface area contributed by atoms with Crippen LogP contribution >= 0.6 is 11.3 Å². The smallest absolute Gasteiger partial charge is 0.292 e. The number of aryl methyl sites for hydroxylation is 2. The third-order valence-corrected chi connectivity index (χ3v) is 7.19. The van der Waals surface area contributed by atoms with E-state index in [9.17, 15) is 0 Å². The molecule has 1 atom stereocenters. The summed E-state index contributed by atoms with van der Waals surface area (Å²) in [6.07, 6.45) is 2.14. The van der Waals surface area contributed by atoms with Gasteiger partial charge in [0.25, 0.3) is 6.02 Å². The zero-order chi connectivity index (χ0) is 21.8. The first-order valence-electron chi connectivity index (χ1n) is 11.0. The van der Waals surface area contributed by atoms with Gasteiger partial charge < -0.3 is 9.64 Å². The molecule has 0 amide bonds. The second kappa shape index (κ2) is 9.65. The van der Waals surface area contributed by atoms with Crippen molar-refractivity contribution in [2.24, 2.45) is 4.99 Å². The van der Waals surface area contributed by atoms with E-state index in [1.54, 1.807) is 7.11 Å². The van der Waals surface area contributed by atoms with E-state index in [1.807, 2.05) is 11.3 Å². The number of piperidine rings is 1. The molecule has 4 nitrogen and oxygen atoms in total. The summed E-state index contributed by atoms with van der Waals surface area (Å²) in [5.41, 5.74) is 5.86. The molecule has 2 aromatic carbocycles. The number of ether oxygens (including phenoxy) is 1. The van der Waals surface area contributed by atoms with Crippen LogP contribution in [0.25, 0.3) is 0 Å². The number of benzene rings is 2. The molecule has 5 heteroatoms. The molecule has 1 aliphatic heterocycles. The molecular weight excluding hydrogens is 402 g/mol. The Kier molecular flexibility index (Phi) is 6.71. The number of methoxy groups -OCH3 is 1. The monoisotopic (exact) mass is 433 g/mol. The lowest BCUT2D eigenvalue weighted by Gasteiger charge is -2.32. The van der Waals surface area contributed by atoms with E-state index >= 15 is 0 Å². The van der Waals surface area contributed by atoms with E-state index in [4.69, 9.17) is 14.7 Å². The SMILES string of the molecule is COC(=Nc1cc(C)ccc1C)N1CCC(c2nc(C(C)c3ccccc3)cs2)CC1. The van der Waals surface area contributed by atoms with Crippen molar-refractivity contribution in [2.75, 3.05) is 20.2 Å². The maximum absolute atomic E-state index is 5.68. The average Bonchev–Trinajstić information content (AvgIpc) is 3.30. The van der Waals surface area contributed by atoms with Crippen LogP contribution < -0.4 is 0 Å². The molecule has 1 saturated heterocycles. The number of thiazole rings is 1. The summed E-state index contributed by atoms with van der Waals surface area (Å²) in [6.45, 7) is 8.30. The number of rotatable bonds is 4. The fourth-order valence-corrected chi connectivity index (χ4v) is 5.19. The van der Waals surface area contributed by atoms with Gasteiger partial charge in [-0.2, -0.15) is 4.99 Å². The molecule has 0 N–H and O–H groups in total. The van der Waals surface area contributed by atoms with Gasteiger partial charge in [0.15, 0.2) is 0 Å². The maximum Gasteiger partial charge on any atom is 0.292 e. The number of aromatic nitrogens is 1. The van der Waals surface area contributed by atoms with Gasteiger partial charge in [-0.15, -0.1) is 11.3 Å². The first kappa shape index (κ1) is 21.6. The molecule has 0 radical (unpaired) electrons. The van der Waals surface area contributed by atoms with Gasteiger partial charge in [-0.25, -0.2) is 4.98 Å². The van der Waals surface area contributed by atoms with Crippen molar-refractivity contribution in [1.29, 1.82) is 0 Å². The summed E-state index contributed by atoms with van der Waals surface area (Å²) in [7, 11) is 1.72. The predicted molar refractivity (Wildman–Crippen MR) is 130 cm³/mol. The maximum atomic E-state index is 5.68. The Morgan fingerprint density at radius 1 is 1.13 bits per heavy atom. The summed E-state index contributed by atoms with van der Waals surface area (Å²) >= 11 is 1.81. The van der Waals surface area contributed by atoms with Gasteiger partial charge in [0, 0.05) is 30.3 Å². The van der Waals surface area contributed by atoms with Gasteiger partial charge in [-0.05, 0) is 49.4 Å². The van der Waals surface area contributed by atoms with Crippen molar-refractivity contribution in [2.45, 2.75) is 45.4 Å². The predicted octanol–water partition coefficient (Wildman–Crippen LogP) is 6.43. The number of likely N-dealkylation sites (tertiary alicyclic amines) is 1. The molecule has 3 aromatic rings. The van der Waals surface area contributed by atoms with Crippen LogP contribution in [0.2, 0.25) is 0 Å². The van der Waals surface area contributed by atoms with Crippen LogP contribution in [0.4, 0.5) is 5.69 Å². The Hall–Kier alpha value is -2.66. The van der Waals surface area contributed by atoms with Crippen LogP contribution in [-0.2, 0) is 4.74 Å². The van der Waals surface area contributed by atoms with Crippen molar-refractivity contribution in [3.8, 4) is 0 Å². The second-order valence-corrected chi connectivity index (χ2v) is 9.28. The molecule has 4 rings (SSSR count). The van der Waals surface area contributed by atoms with Crippen molar-refractivity contribution in [3.05, 3.63) is 81.3 Å². The zero-order valence-corrected chi connectivity index (χ0v) is 19.7. The largest absolute Gasteiger partial charge is 0.468 e. The lowest BCUT2D eigenvalue weighted by atomic mass is 9.96. The van der Waals surface area contributed by atoms with Crippen LogP contribution in [0.1, 0.15) is 59.0 Å². The van der Waals surface area contributed by atoms with Crippen LogP contribution in [0.15, 0.2) is 58.9 Å². The molecule has 0 spiro atoms. The first-order valence-corrected chi connectivity index (χ1v) is 11.9. The summed E-state index contributed by atoms with van der Waals surface area (Å²) in [5, 5.41) is 3.50. The highest BCUT2D eigenvalue weighted by Gasteiger charge is 2.26. The van der Waals surface area contributed by atoms with E-state index in [-0.39, 0.29) is 0 Å². The quantitative estimate of drug-likeness (QED) is 0.352. The summed E-state index contributed by atoms with van der Waals surface area (Å²) < 4.78 is 5.68. The lowest BCUT2D eigenvalue weighted by Crippen LogP contribution is -2.38. The highest BCUT2D eigenvalue weighted by atomic mass is 32.1. The van der Waals surface area contributed by atoms with Crippen LogP contribution in [-0.4, -0.2) is 36.1 Å². The van der Waals surface area contributed by atoms with Crippen LogP contribution in [0, 0.1) is 13.8 Å². The minimum atomic E-state index is 0.330. The topological polar surface area (TPSA) is 37.7 Å². The Labute approximate surface area is 189 Å². The Bertz CT molecular complexity index is 1040. The molecule has 162 valence electrons. The fraction of sp³-hybridized carbons (Fsp3) is 0.385. The molecular formula is C26H31N3OS. The number of hydrogen-bond acceptors (Lipinski definition) is 4. The molecule has 1 aliphatic rings. The highest BCUT2D eigenvalue weighted by molar-refractivity contribution is 7.09. The Morgan fingerprint density at radius 2 is 1.87 bits per heavy atom. The minimum absolute atomic E-state index is 0.330. The van der Waals surface area contributed by atoms with Gasteiger partial charge in [0.1, 0.15) is 0 Å². The van der Waals surface area contributed by atoms with Crippen molar-refractivity contribution in [3.63, 3.8) is 0 Å². The molecule has 0 bridgehead atoms. The number of aliphatic imine (C=N–C) groups is 1. The fourth-order valence-electron chi connectivity index (χ4n) is 4.11. The number of amidine groups is 1. The summed E-state index contributed by atoms with van der Waals surface area (Å²) in [5.74, 6) is 0.841. The molecule has 1 unspecified atom stereocenters. The normalized spacial score (nSPS) is 16.4. The highest BCUT2D eigenvalue weighted by Crippen LogP contribution is 2.34. The minimum Gasteiger partial charge on any atom is -0.468 e. The number of nitrogens with zero attached hydrogens (tertiary/aromatic N) is 3. The molecule has 1 aromatic heterocycles. The van der Waals surface area contributed by atoms with E-state index in [2.05, 4.69) is 79.6 Å². The first-order chi connectivity index (χ1) is 15.0. The van der Waals surface area contributed by atoms with E-state index < -0.39 is 0 Å². The number of hydrogen-bond donors (Lipinski definition) is 0. The standard InChI is InChI=1S/C26H31N3OS/c1-18-10-11-19(2)23(16-18)28-26(30-4)29-14-12-22(13-15-29)25-27-24(17-31-25)20(3)21-8-6-5-7-9-21/h5-11,16-17,20,22H,12-15H2,1-4H3. The third-order valence-electron chi connectivity index (χ3n) is 6.16. The third kappa shape index (κ3) is 4.99. The van der Waals surface area contributed by atoms with Gasteiger partial charge in [0.2, 0.25) is 0 Å². The van der Waals surface area contributed by atoms with Gasteiger partial charge in [-0.1, -0.05) is 49.4 Å². The van der Waals surface area contributed by atoms with Gasteiger partial charge >= 0.3 is 0 Å². The van der Waals surface area contributed by atoms with Crippen molar-refractivity contribution < 1.29 is 4.74 Å². The van der Waals surface area contributed by atoms with Crippen LogP contribution in [0.3, 0.4) is 0 Å².